The van der Waals surface area contributed by atoms with Gasteiger partial charge in [0.2, 0.25) is 11.0 Å². The molecule has 1 aromatic heterocycles. The van der Waals surface area contributed by atoms with Crippen LogP contribution in [0.3, 0.4) is 0 Å². The fraction of sp³-hybridized carbons (Fsp3) is 0.167. The van der Waals surface area contributed by atoms with Crippen LogP contribution < -0.4 is 10.6 Å². The van der Waals surface area contributed by atoms with E-state index in [-0.39, 0.29) is 5.91 Å². The van der Waals surface area contributed by atoms with Crippen molar-refractivity contribution in [2.24, 2.45) is 0 Å². The monoisotopic (exact) mass is 372 g/mol. The summed E-state index contributed by atoms with van der Waals surface area (Å²) < 4.78 is 0. The van der Waals surface area contributed by atoms with Gasteiger partial charge in [-0.15, -0.1) is 10.2 Å². The molecular weight excluding hydrogens is 356 g/mol. The van der Waals surface area contributed by atoms with Crippen LogP contribution in [0.5, 0.6) is 0 Å². The number of amides is 1. The van der Waals surface area contributed by atoms with Crippen molar-refractivity contribution in [3.05, 3.63) is 70.2 Å². The van der Waals surface area contributed by atoms with E-state index in [2.05, 4.69) is 20.8 Å². The first kappa shape index (κ1) is 17.4. The van der Waals surface area contributed by atoms with Crippen molar-refractivity contribution in [1.82, 2.24) is 10.2 Å². The number of hydrogen-bond donors (Lipinski definition) is 2. The number of hydrogen-bond acceptors (Lipinski definition) is 5. The zero-order chi connectivity index (χ0) is 17.5. The van der Waals surface area contributed by atoms with Gasteiger partial charge in [0.25, 0.3) is 0 Å². The molecule has 1 amide bonds. The van der Waals surface area contributed by atoms with Crippen LogP contribution in [-0.2, 0) is 11.2 Å². The molecule has 0 unspecified atom stereocenters. The van der Waals surface area contributed by atoms with Gasteiger partial charge in [0.15, 0.2) is 0 Å². The van der Waals surface area contributed by atoms with Crippen molar-refractivity contribution < 1.29 is 4.79 Å². The Morgan fingerprint density at radius 3 is 2.56 bits per heavy atom. The van der Waals surface area contributed by atoms with Crippen LogP contribution in [0.4, 0.5) is 10.8 Å². The quantitative estimate of drug-likeness (QED) is 0.651. The molecule has 2 aromatic carbocycles. The molecule has 0 spiro atoms. The van der Waals surface area contributed by atoms with E-state index >= 15 is 0 Å². The smallest absolute Gasteiger partial charge is 0.226 e. The van der Waals surface area contributed by atoms with Gasteiger partial charge in [-0.3, -0.25) is 4.79 Å². The molecule has 0 bridgehead atoms. The lowest BCUT2D eigenvalue weighted by molar-refractivity contribution is -0.115. The maximum Gasteiger partial charge on any atom is 0.226 e. The molecular formula is C18H17ClN4OS. The Labute approximate surface area is 155 Å². The van der Waals surface area contributed by atoms with Gasteiger partial charge in [0, 0.05) is 30.1 Å². The lowest BCUT2D eigenvalue weighted by Crippen LogP contribution is -2.16. The number of nitrogens with one attached hydrogen (secondary N) is 2. The van der Waals surface area contributed by atoms with E-state index in [9.17, 15) is 4.79 Å². The van der Waals surface area contributed by atoms with Gasteiger partial charge in [-0.1, -0.05) is 53.3 Å². The van der Waals surface area contributed by atoms with Gasteiger partial charge in [-0.05, 0) is 29.8 Å². The molecule has 128 valence electrons. The summed E-state index contributed by atoms with van der Waals surface area (Å²) in [5.74, 6) is -0.0374. The zero-order valence-electron chi connectivity index (χ0n) is 13.4. The predicted molar refractivity (Wildman–Crippen MR) is 102 cm³/mol. The molecule has 1 heterocycles. The maximum atomic E-state index is 11.9. The Kier molecular flexibility index (Phi) is 5.98. The summed E-state index contributed by atoms with van der Waals surface area (Å²) in [4.78, 5) is 11.9. The minimum atomic E-state index is -0.0374. The summed E-state index contributed by atoms with van der Waals surface area (Å²) in [6.45, 7) is 0.508. The standard InChI is InChI=1S/C18H17ClN4OS/c19-14-8-6-13(7-9-14)12-17-22-23-18(25-17)20-11-10-16(24)21-15-4-2-1-3-5-15/h1-9H,10-12H2,(H,20,23)(H,21,24). The molecule has 0 aliphatic heterocycles. The molecule has 0 radical (unpaired) electrons. The average molecular weight is 373 g/mol. The lowest BCUT2D eigenvalue weighted by atomic mass is 10.2. The molecule has 0 atom stereocenters. The average Bonchev–Trinajstić information content (AvgIpc) is 3.05. The molecule has 2 N–H and O–H groups in total. The van der Waals surface area contributed by atoms with Crippen LogP contribution in [0.1, 0.15) is 17.0 Å². The Balaban J connectivity index is 1.44. The second kappa shape index (κ2) is 8.60. The van der Waals surface area contributed by atoms with Gasteiger partial charge in [0.1, 0.15) is 5.01 Å². The second-order valence-electron chi connectivity index (χ2n) is 5.40. The summed E-state index contributed by atoms with van der Waals surface area (Å²) in [6.07, 6.45) is 1.08. The molecule has 7 heteroatoms. The highest BCUT2D eigenvalue weighted by atomic mass is 35.5. The molecule has 0 saturated heterocycles. The minimum absolute atomic E-state index is 0.0374. The number of benzene rings is 2. The fourth-order valence-electron chi connectivity index (χ4n) is 2.20. The fourth-order valence-corrected chi connectivity index (χ4v) is 3.13. The van der Waals surface area contributed by atoms with E-state index in [1.165, 1.54) is 11.3 Å². The van der Waals surface area contributed by atoms with Crippen molar-refractivity contribution in [2.75, 3.05) is 17.2 Å². The first-order valence-electron chi connectivity index (χ1n) is 7.84. The highest BCUT2D eigenvalue weighted by Crippen LogP contribution is 2.19. The first-order chi connectivity index (χ1) is 12.2. The van der Waals surface area contributed by atoms with E-state index in [1.807, 2.05) is 54.6 Å². The molecule has 3 aromatic rings. The van der Waals surface area contributed by atoms with Gasteiger partial charge < -0.3 is 10.6 Å². The highest BCUT2D eigenvalue weighted by Gasteiger charge is 2.06. The summed E-state index contributed by atoms with van der Waals surface area (Å²) in [5.41, 5.74) is 1.93. The van der Waals surface area contributed by atoms with E-state index in [0.717, 1.165) is 26.4 Å². The van der Waals surface area contributed by atoms with Crippen LogP contribution in [0, 0.1) is 0 Å². The van der Waals surface area contributed by atoms with Crippen LogP contribution in [0.15, 0.2) is 54.6 Å². The Morgan fingerprint density at radius 2 is 1.80 bits per heavy atom. The minimum Gasteiger partial charge on any atom is -0.360 e. The number of aromatic nitrogens is 2. The van der Waals surface area contributed by atoms with Crippen LogP contribution in [0.25, 0.3) is 0 Å². The van der Waals surface area contributed by atoms with Crippen LogP contribution in [0.2, 0.25) is 5.02 Å². The third-order valence-corrected chi connectivity index (χ3v) is 4.55. The molecule has 0 fully saturated rings. The lowest BCUT2D eigenvalue weighted by Gasteiger charge is -2.05. The first-order valence-corrected chi connectivity index (χ1v) is 9.04. The summed E-state index contributed by atoms with van der Waals surface area (Å²) >= 11 is 7.37. The SMILES string of the molecule is O=C(CCNc1nnc(Cc2ccc(Cl)cc2)s1)Nc1ccccc1. The third kappa shape index (κ3) is 5.55. The Morgan fingerprint density at radius 1 is 1.04 bits per heavy atom. The van der Waals surface area contributed by atoms with Crippen molar-refractivity contribution in [2.45, 2.75) is 12.8 Å². The molecule has 0 saturated carbocycles. The Bertz CT molecular complexity index is 821. The van der Waals surface area contributed by atoms with E-state index in [1.54, 1.807) is 0 Å². The zero-order valence-corrected chi connectivity index (χ0v) is 15.0. The van der Waals surface area contributed by atoms with Crippen LogP contribution in [-0.4, -0.2) is 22.6 Å². The number of anilines is 2. The molecule has 0 aliphatic rings. The van der Waals surface area contributed by atoms with Gasteiger partial charge in [0.05, 0.1) is 0 Å². The molecule has 5 nitrogen and oxygen atoms in total. The van der Waals surface area contributed by atoms with Crippen LogP contribution >= 0.6 is 22.9 Å². The van der Waals surface area contributed by atoms with E-state index in [0.29, 0.717) is 19.4 Å². The predicted octanol–water partition coefficient (Wildman–Crippen LogP) is 4.22. The molecule has 0 aliphatic carbocycles. The summed E-state index contributed by atoms with van der Waals surface area (Å²) in [6, 6.07) is 17.1. The van der Waals surface area contributed by atoms with E-state index in [4.69, 9.17) is 11.6 Å². The topological polar surface area (TPSA) is 66.9 Å². The van der Waals surface area contributed by atoms with Crippen molar-refractivity contribution >= 4 is 39.7 Å². The Hall–Kier alpha value is -2.44. The number of halogens is 1. The normalized spacial score (nSPS) is 10.4. The van der Waals surface area contributed by atoms with Crippen molar-refractivity contribution in [3.63, 3.8) is 0 Å². The largest absolute Gasteiger partial charge is 0.360 e. The molecule has 3 rings (SSSR count). The van der Waals surface area contributed by atoms with Gasteiger partial charge in [-0.25, -0.2) is 0 Å². The number of carbonyl (C=O) groups is 1. The van der Waals surface area contributed by atoms with E-state index < -0.39 is 0 Å². The maximum absolute atomic E-state index is 11.9. The number of rotatable bonds is 7. The van der Waals surface area contributed by atoms with Crippen molar-refractivity contribution in [1.29, 1.82) is 0 Å². The summed E-state index contributed by atoms with van der Waals surface area (Å²) in [5, 5.41) is 16.6. The third-order valence-electron chi connectivity index (χ3n) is 3.42. The van der Waals surface area contributed by atoms with Gasteiger partial charge >= 0.3 is 0 Å². The molecule has 25 heavy (non-hydrogen) atoms. The number of para-hydroxylation sites is 1. The number of carbonyl (C=O) groups excluding carboxylic acids is 1. The summed E-state index contributed by atoms with van der Waals surface area (Å²) in [7, 11) is 0. The van der Waals surface area contributed by atoms with Crippen molar-refractivity contribution in [3.8, 4) is 0 Å². The van der Waals surface area contributed by atoms with Gasteiger partial charge in [-0.2, -0.15) is 0 Å². The number of nitrogens with zero attached hydrogens (tertiary/aromatic N) is 2. The second-order valence-corrected chi connectivity index (χ2v) is 6.89. The highest BCUT2D eigenvalue weighted by molar-refractivity contribution is 7.15.